The average molecular weight is 954 g/mol. The van der Waals surface area contributed by atoms with Crippen LogP contribution >= 0.6 is 11.6 Å². The summed E-state index contributed by atoms with van der Waals surface area (Å²) in [5.41, 5.74) is -0.0554. The minimum Gasteiger partial charge on any atom is -0.491 e. The molecular formula is C52H61ClN4O7S2. The van der Waals surface area contributed by atoms with Crippen molar-refractivity contribution >= 4 is 59.6 Å². The van der Waals surface area contributed by atoms with E-state index in [2.05, 4.69) is 17.0 Å². The van der Waals surface area contributed by atoms with Crippen LogP contribution < -0.4 is 20.3 Å². The molecule has 0 spiro atoms. The number of nitrogens with one attached hydrogen (secondary N) is 2. The van der Waals surface area contributed by atoms with Gasteiger partial charge in [0.25, 0.3) is 21.5 Å². The molecule has 0 aliphatic carbocycles. The van der Waals surface area contributed by atoms with Crippen LogP contribution in [-0.2, 0) is 24.7 Å². The first-order chi connectivity index (χ1) is 32.0. The summed E-state index contributed by atoms with van der Waals surface area (Å²) in [4.78, 5) is 33.5. The Morgan fingerprint density at radius 1 is 0.636 bits per heavy atom. The standard InChI is InChI=1S/C52H61ClN4O7S2/c1-2-3-4-5-6-7-8-9-10-11-12-13-14-15-16-27-38-64-48-37-36-42(66(62,63)56-46-35-26-24-33-44(46)53)39-47(48)55-51(58)49(65(60,61)41-30-21-18-22-31-41)50-54-45-34-25-23-32-43(45)52(59)57(50)40-28-19-17-20-29-40/h17-26,28-37,39,49,56H,2-16,27,38H2,1H3,(H,55,58). The molecule has 0 aliphatic rings. The Balaban J connectivity index is 1.23. The molecule has 1 unspecified atom stereocenters. The fraction of sp³-hybridized carbons (Fsp3) is 0.365. The van der Waals surface area contributed by atoms with Crippen molar-refractivity contribution in [1.82, 2.24) is 9.55 Å². The lowest BCUT2D eigenvalue weighted by molar-refractivity contribution is -0.116. The van der Waals surface area contributed by atoms with E-state index in [1.807, 2.05) is 0 Å². The lowest BCUT2D eigenvalue weighted by atomic mass is 10.0. The number of carbonyl (C=O) groups excluding carboxylic acids is 1. The average Bonchev–Trinajstić information content (AvgIpc) is 3.31. The highest BCUT2D eigenvalue weighted by Crippen LogP contribution is 2.35. The van der Waals surface area contributed by atoms with Gasteiger partial charge in [0, 0.05) is 0 Å². The second-order valence-corrected chi connectivity index (χ2v) is 20.7. The van der Waals surface area contributed by atoms with Crippen LogP contribution in [-0.4, -0.2) is 38.9 Å². The van der Waals surface area contributed by atoms with Crippen LogP contribution in [0, 0.1) is 0 Å². The van der Waals surface area contributed by atoms with E-state index in [1.54, 1.807) is 78.9 Å². The van der Waals surface area contributed by atoms with Crippen LogP contribution in [0.2, 0.25) is 5.02 Å². The van der Waals surface area contributed by atoms with Crippen molar-refractivity contribution in [3.63, 3.8) is 0 Å². The predicted molar refractivity (Wildman–Crippen MR) is 266 cm³/mol. The Morgan fingerprint density at radius 2 is 1.18 bits per heavy atom. The van der Waals surface area contributed by atoms with Gasteiger partial charge in [-0.25, -0.2) is 21.8 Å². The first kappa shape index (κ1) is 49.9. The van der Waals surface area contributed by atoms with Gasteiger partial charge in [0.1, 0.15) is 11.6 Å². The van der Waals surface area contributed by atoms with Crippen LogP contribution in [0.3, 0.4) is 0 Å². The molecule has 14 heteroatoms. The van der Waals surface area contributed by atoms with Crippen LogP contribution in [0.15, 0.2) is 142 Å². The molecule has 0 aliphatic heterocycles. The molecule has 2 N–H and O–H groups in total. The van der Waals surface area contributed by atoms with E-state index < -0.39 is 36.6 Å². The lowest BCUT2D eigenvalue weighted by Crippen LogP contribution is -2.35. The summed E-state index contributed by atoms with van der Waals surface area (Å²) >= 11 is 6.30. The first-order valence-corrected chi connectivity index (χ1v) is 26.6. The Labute approximate surface area is 395 Å². The number of amides is 1. The predicted octanol–water partition coefficient (Wildman–Crippen LogP) is 12.6. The Bertz CT molecular complexity index is 2790. The Morgan fingerprint density at radius 3 is 1.80 bits per heavy atom. The van der Waals surface area contributed by atoms with Gasteiger partial charge in [-0.15, -0.1) is 0 Å². The Hall–Kier alpha value is -5.50. The molecule has 0 saturated carbocycles. The van der Waals surface area contributed by atoms with E-state index in [4.69, 9.17) is 21.3 Å². The number of hydrogen-bond donors (Lipinski definition) is 2. The third-order valence-corrected chi connectivity index (χ3v) is 15.2. The van der Waals surface area contributed by atoms with Crippen LogP contribution in [0.5, 0.6) is 5.75 Å². The van der Waals surface area contributed by atoms with Crippen molar-refractivity contribution < 1.29 is 26.4 Å². The fourth-order valence-electron chi connectivity index (χ4n) is 7.97. The fourth-order valence-corrected chi connectivity index (χ4v) is 10.9. The number of halogens is 1. The highest BCUT2D eigenvalue weighted by atomic mass is 35.5. The summed E-state index contributed by atoms with van der Waals surface area (Å²) in [6, 6.07) is 32.6. The number of para-hydroxylation sites is 3. The summed E-state index contributed by atoms with van der Waals surface area (Å²) in [6.07, 6.45) is 19.5. The van der Waals surface area contributed by atoms with Gasteiger partial charge >= 0.3 is 0 Å². The van der Waals surface area contributed by atoms with E-state index in [9.17, 15) is 26.4 Å². The normalized spacial score (nSPS) is 12.2. The van der Waals surface area contributed by atoms with Crippen LogP contribution in [0.25, 0.3) is 16.6 Å². The summed E-state index contributed by atoms with van der Waals surface area (Å²) in [5, 5.41) is 0.998. The number of sulfonamides is 1. The van der Waals surface area contributed by atoms with Crippen molar-refractivity contribution in [2.75, 3.05) is 16.6 Å². The minimum absolute atomic E-state index is 0.0961. The summed E-state index contributed by atoms with van der Waals surface area (Å²) in [7, 11) is -8.95. The molecule has 66 heavy (non-hydrogen) atoms. The topological polar surface area (TPSA) is 154 Å². The molecular weight excluding hydrogens is 892 g/mol. The zero-order valence-electron chi connectivity index (χ0n) is 37.7. The number of sulfone groups is 1. The van der Waals surface area contributed by atoms with Crippen LogP contribution in [0.1, 0.15) is 121 Å². The van der Waals surface area contributed by atoms with Crippen molar-refractivity contribution in [1.29, 1.82) is 0 Å². The maximum Gasteiger partial charge on any atom is 0.266 e. The van der Waals surface area contributed by atoms with Gasteiger partial charge in [0.2, 0.25) is 5.25 Å². The third-order valence-electron chi connectivity index (χ3n) is 11.6. The molecule has 1 amide bonds. The minimum atomic E-state index is -4.65. The van der Waals surface area contributed by atoms with Gasteiger partial charge in [-0.3, -0.25) is 18.9 Å². The van der Waals surface area contributed by atoms with Crippen molar-refractivity contribution in [3.8, 4) is 11.4 Å². The molecule has 11 nitrogen and oxygen atoms in total. The number of ether oxygens (including phenoxy) is 1. The number of rotatable bonds is 27. The number of aromatic nitrogens is 2. The molecule has 1 aromatic heterocycles. The van der Waals surface area contributed by atoms with Gasteiger partial charge in [0.15, 0.2) is 9.84 Å². The summed E-state index contributed by atoms with van der Waals surface area (Å²) in [5.74, 6) is -1.32. The van der Waals surface area contributed by atoms with Crippen molar-refractivity contribution in [2.24, 2.45) is 0 Å². The number of anilines is 2. The number of hydrogen-bond acceptors (Lipinski definition) is 8. The Kier molecular flexibility index (Phi) is 18.8. The van der Waals surface area contributed by atoms with E-state index in [1.165, 1.54) is 126 Å². The number of nitrogens with zero attached hydrogens (tertiary/aromatic N) is 2. The maximum atomic E-state index is 15.0. The van der Waals surface area contributed by atoms with Gasteiger partial charge in [-0.05, 0) is 73.2 Å². The van der Waals surface area contributed by atoms with Crippen LogP contribution in [0.4, 0.5) is 11.4 Å². The SMILES string of the molecule is CCCCCCCCCCCCCCCCCCOc1ccc(S(=O)(=O)Nc2ccccc2Cl)cc1NC(=O)C(c1nc2ccccc2c(=O)n1-c1ccccc1)S(=O)(=O)c1ccccc1. The molecule has 1 heterocycles. The quantitative estimate of drug-likeness (QED) is 0.0484. The smallest absolute Gasteiger partial charge is 0.266 e. The molecule has 1 atom stereocenters. The molecule has 350 valence electrons. The number of fused-ring (bicyclic) bond motifs is 1. The second-order valence-electron chi connectivity index (χ2n) is 16.6. The molecule has 0 fully saturated rings. The largest absolute Gasteiger partial charge is 0.491 e. The van der Waals surface area contributed by atoms with Gasteiger partial charge in [-0.2, -0.15) is 0 Å². The second kappa shape index (κ2) is 24.9. The zero-order valence-corrected chi connectivity index (χ0v) is 40.1. The maximum absolute atomic E-state index is 15.0. The third kappa shape index (κ3) is 13.5. The number of carbonyl (C=O) groups is 1. The molecule has 0 saturated heterocycles. The first-order valence-electron chi connectivity index (χ1n) is 23.2. The highest BCUT2D eigenvalue weighted by molar-refractivity contribution is 7.93. The van der Waals surface area contributed by atoms with E-state index in [0.717, 1.165) is 23.8 Å². The number of unbranched alkanes of at least 4 members (excludes halogenated alkanes) is 15. The van der Waals surface area contributed by atoms with Gasteiger partial charge < -0.3 is 10.1 Å². The van der Waals surface area contributed by atoms with Gasteiger partial charge in [0.05, 0.1) is 49.4 Å². The molecule has 0 radical (unpaired) electrons. The van der Waals surface area contributed by atoms with E-state index in [-0.39, 0.29) is 55.3 Å². The molecule has 6 rings (SSSR count). The summed E-state index contributed by atoms with van der Waals surface area (Å²) < 4.78 is 67.1. The zero-order chi connectivity index (χ0) is 46.8. The van der Waals surface area contributed by atoms with E-state index >= 15 is 0 Å². The van der Waals surface area contributed by atoms with E-state index in [0.29, 0.717) is 12.1 Å². The monoisotopic (exact) mass is 952 g/mol. The number of benzene rings is 5. The highest BCUT2D eigenvalue weighted by Gasteiger charge is 2.40. The van der Waals surface area contributed by atoms with Crippen molar-refractivity contribution in [3.05, 3.63) is 149 Å². The molecule has 6 aromatic rings. The molecule has 0 bridgehead atoms. The lowest BCUT2D eigenvalue weighted by Gasteiger charge is -2.22. The summed E-state index contributed by atoms with van der Waals surface area (Å²) in [6.45, 7) is 2.51. The molecule has 5 aromatic carbocycles. The van der Waals surface area contributed by atoms with Gasteiger partial charge in [-0.1, -0.05) is 176 Å². The van der Waals surface area contributed by atoms with Crippen molar-refractivity contribution in [2.45, 2.75) is 125 Å².